The molecule has 160 valence electrons. The fraction of sp³-hybridized carbons (Fsp3) is 0.455. The second-order valence-corrected chi connectivity index (χ2v) is 8.53. The van der Waals surface area contributed by atoms with Gasteiger partial charge in [-0.25, -0.2) is 9.37 Å². The minimum absolute atomic E-state index is 0.0134. The number of carbonyl (C=O) groups excluding carboxylic acids is 1. The molecule has 2 aliphatic heterocycles. The van der Waals surface area contributed by atoms with Gasteiger partial charge in [0.1, 0.15) is 5.82 Å². The molecule has 0 radical (unpaired) electrons. The van der Waals surface area contributed by atoms with Crippen molar-refractivity contribution in [3.63, 3.8) is 0 Å². The highest BCUT2D eigenvalue weighted by molar-refractivity contribution is 7.99. The summed E-state index contributed by atoms with van der Waals surface area (Å²) in [7, 11) is 0. The van der Waals surface area contributed by atoms with Crippen LogP contribution in [-0.2, 0) is 4.74 Å². The molecular formula is C22H27FN4O2S. The van der Waals surface area contributed by atoms with Gasteiger partial charge in [0.05, 0.1) is 29.5 Å². The van der Waals surface area contributed by atoms with Crippen molar-refractivity contribution < 1.29 is 13.9 Å². The number of thioether (sulfide) groups is 1. The second-order valence-electron chi connectivity index (χ2n) is 7.42. The van der Waals surface area contributed by atoms with E-state index in [1.165, 1.54) is 6.07 Å². The molecule has 8 heteroatoms. The van der Waals surface area contributed by atoms with Crippen LogP contribution in [0.25, 0.3) is 0 Å². The predicted molar refractivity (Wildman–Crippen MR) is 117 cm³/mol. The summed E-state index contributed by atoms with van der Waals surface area (Å²) in [6, 6.07) is 10.6. The number of piperazine rings is 1. The Balaban J connectivity index is 1.25. The van der Waals surface area contributed by atoms with Crippen molar-refractivity contribution in [3.05, 3.63) is 54.0 Å². The van der Waals surface area contributed by atoms with Crippen molar-refractivity contribution in [2.75, 3.05) is 69.7 Å². The molecular weight excluding hydrogens is 403 g/mol. The smallest absolute Gasteiger partial charge is 0.255 e. The topological polar surface area (TPSA) is 48.9 Å². The van der Waals surface area contributed by atoms with Gasteiger partial charge in [0.15, 0.2) is 0 Å². The molecule has 0 spiro atoms. The molecule has 4 rings (SSSR count). The number of hydrogen-bond acceptors (Lipinski definition) is 6. The first-order valence-electron chi connectivity index (χ1n) is 10.4. The fourth-order valence-corrected chi connectivity index (χ4v) is 4.59. The number of pyridine rings is 1. The number of benzene rings is 1. The number of para-hydroxylation sites is 1. The van der Waals surface area contributed by atoms with E-state index in [9.17, 15) is 9.18 Å². The molecule has 0 N–H and O–H groups in total. The van der Waals surface area contributed by atoms with Crippen LogP contribution in [0.2, 0.25) is 0 Å². The summed E-state index contributed by atoms with van der Waals surface area (Å²) in [5.74, 6) is 0.738. The lowest BCUT2D eigenvalue weighted by Crippen LogP contribution is -2.49. The van der Waals surface area contributed by atoms with Crippen LogP contribution < -0.4 is 4.90 Å². The first kappa shape index (κ1) is 21.1. The summed E-state index contributed by atoms with van der Waals surface area (Å²) in [6.45, 7) is 7.01. The Hall–Kier alpha value is -2.16. The van der Waals surface area contributed by atoms with Gasteiger partial charge < -0.3 is 14.5 Å². The van der Waals surface area contributed by atoms with E-state index in [1.54, 1.807) is 30.1 Å². The van der Waals surface area contributed by atoms with E-state index in [0.29, 0.717) is 37.4 Å². The summed E-state index contributed by atoms with van der Waals surface area (Å²) < 4.78 is 19.4. The van der Waals surface area contributed by atoms with E-state index >= 15 is 0 Å². The molecule has 0 saturated carbocycles. The largest absolute Gasteiger partial charge is 0.379 e. The molecule has 1 aromatic carbocycles. The Morgan fingerprint density at radius 2 is 1.80 bits per heavy atom. The van der Waals surface area contributed by atoms with Crippen LogP contribution in [0, 0.1) is 5.82 Å². The summed E-state index contributed by atoms with van der Waals surface area (Å²) in [4.78, 5) is 23.5. The van der Waals surface area contributed by atoms with Gasteiger partial charge in [0.25, 0.3) is 5.91 Å². The molecule has 30 heavy (non-hydrogen) atoms. The molecule has 2 saturated heterocycles. The third-order valence-corrected chi connectivity index (χ3v) is 6.43. The van der Waals surface area contributed by atoms with Crippen molar-refractivity contribution in [1.29, 1.82) is 0 Å². The predicted octanol–water partition coefficient (Wildman–Crippen LogP) is 2.61. The SMILES string of the molecule is O=C(c1ccc(SCCN2CCOCC2)nc1)N1CCN(c2ccccc2F)CC1. The Kier molecular flexibility index (Phi) is 7.20. The molecule has 0 atom stereocenters. The highest BCUT2D eigenvalue weighted by atomic mass is 32.2. The number of rotatable bonds is 6. The van der Waals surface area contributed by atoms with Gasteiger partial charge in [-0.05, 0) is 24.3 Å². The first-order chi connectivity index (χ1) is 14.7. The monoisotopic (exact) mass is 430 g/mol. The van der Waals surface area contributed by atoms with E-state index in [-0.39, 0.29) is 11.7 Å². The standard InChI is InChI=1S/C22H27FN4O2S/c23-19-3-1-2-4-20(19)26-7-9-27(10-8-26)22(28)18-5-6-21(24-17-18)30-16-13-25-11-14-29-15-12-25/h1-6,17H,7-16H2. The summed E-state index contributed by atoms with van der Waals surface area (Å²) in [5, 5.41) is 0.934. The number of carbonyl (C=O) groups is 1. The zero-order valence-electron chi connectivity index (χ0n) is 17.0. The number of anilines is 1. The van der Waals surface area contributed by atoms with Crippen LogP contribution in [-0.4, -0.2) is 85.5 Å². The Morgan fingerprint density at radius 1 is 1.03 bits per heavy atom. The fourth-order valence-electron chi connectivity index (χ4n) is 3.74. The van der Waals surface area contributed by atoms with Crippen LogP contribution >= 0.6 is 11.8 Å². The molecule has 0 bridgehead atoms. The number of morpholine rings is 1. The van der Waals surface area contributed by atoms with Crippen molar-refractivity contribution in [3.8, 4) is 0 Å². The normalized spacial score (nSPS) is 17.9. The minimum atomic E-state index is -0.219. The van der Waals surface area contributed by atoms with E-state index in [1.807, 2.05) is 28.0 Å². The van der Waals surface area contributed by atoms with Crippen LogP contribution in [0.5, 0.6) is 0 Å². The number of hydrogen-bond donors (Lipinski definition) is 0. The number of nitrogens with zero attached hydrogens (tertiary/aromatic N) is 4. The number of ether oxygens (including phenoxy) is 1. The zero-order valence-corrected chi connectivity index (χ0v) is 17.8. The van der Waals surface area contributed by atoms with Gasteiger partial charge in [0.2, 0.25) is 0 Å². The lowest BCUT2D eigenvalue weighted by molar-refractivity contribution is 0.0410. The average Bonchev–Trinajstić information content (AvgIpc) is 2.80. The summed E-state index contributed by atoms with van der Waals surface area (Å²) in [6.07, 6.45) is 1.67. The number of halogens is 1. The maximum absolute atomic E-state index is 14.0. The van der Waals surface area contributed by atoms with E-state index in [0.717, 1.165) is 43.6 Å². The van der Waals surface area contributed by atoms with Gasteiger partial charge >= 0.3 is 0 Å². The maximum Gasteiger partial charge on any atom is 0.255 e. The van der Waals surface area contributed by atoms with Crippen LogP contribution in [0.1, 0.15) is 10.4 Å². The van der Waals surface area contributed by atoms with Crippen LogP contribution in [0.15, 0.2) is 47.6 Å². The first-order valence-corrected chi connectivity index (χ1v) is 11.4. The number of amides is 1. The minimum Gasteiger partial charge on any atom is -0.379 e. The molecule has 2 aliphatic rings. The molecule has 0 unspecified atom stereocenters. The van der Waals surface area contributed by atoms with Crippen LogP contribution in [0.3, 0.4) is 0 Å². The van der Waals surface area contributed by atoms with Gasteiger partial charge in [0, 0.05) is 57.8 Å². The zero-order chi connectivity index (χ0) is 20.8. The van der Waals surface area contributed by atoms with Crippen molar-refractivity contribution >= 4 is 23.4 Å². The third kappa shape index (κ3) is 5.30. The van der Waals surface area contributed by atoms with E-state index in [2.05, 4.69) is 9.88 Å². The average molecular weight is 431 g/mol. The highest BCUT2D eigenvalue weighted by Crippen LogP contribution is 2.21. The molecule has 2 fully saturated rings. The Bertz CT molecular complexity index is 837. The quantitative estimate of drug-likeness (QED) is 0.657. The molecule has 2 aromatic rings. The summed E-state index contributed by atoms with van der Waals surface area (Å²) >= 11 is 1.71. The molecule has 0 aliphatic carbocycles. The molecule has 3 heterocycles. The lowest BCUT2D eigenvalue weighted by atomic mass is 10.2. The highest BCUT2D eigenvalue weighted by Gasteiger charge is 2.23. The van der Waals surface area contributed by atoms with E-state index < -0.39 is 0 Å². The lowest BCUT2D eigenvalue weighted by Gasteiger charge is -2.36. The Morgan fingerprint density at radius 3 is 2.50 bits per heavy atom. The van der Waals surface area contributed by atoms with E-state index in [4.69, 9.17) is 4.74 Å². The van der Waals surface area contributed by atoms with Crippen molar-refractivity contribution in [1.82, 2.24) is 14.8 Å². The van der Waals surface area contributed by atoms with Gasteiger partial charge in [-0.2, -0.15) is 0 Å². The van der Waals surface area contributed by atoms with Crippen LogP contribution in [0.4, 0.5) is 10.1 Å². The summed E-state index contributed by atoms with van der Waals surface area (Å²) in [5.41, 5.74) is 1.21. The van der Waals surface area contributed by atoms with Crippen molar-refractivity contribution in [2.24, 2.45) is 0 Å². The molecule has 1 amide bonds. The van der Waals surface area contributed by atoms with Gasteiger partial charge in [-0.15, -0.1) is 11.8 Å². The molecule has 6 nitrogen and oxygen atoms in total. The van der Waals surface area contributed by atoms with Gasteiger partial charge in [-0.3, -0.25) is 9.69 Å². The Labute approximate surface area is 181 Å². The van der Waals surface area contributed by atoms with Gasteiger partial charge in [-0.1, -0.05) is 12.1 Å². The molecule has 1 aromatic heterocycles. The van der Waals surface area contributed by atoms with Crippen molar-refractivity contribution in [2.45, 2.75) is 5.03 Å². The second kappa shape index (κ2) is 10.2. The third-order valence-electron chi connectivity index (χ3n) is 5.50. The maximum atomic E-state index is 14.0. The number of aromatic nitrogens is 1.